The molecule has 1 aliphatic heterocycles. The maximum atomic E-state index is 12.0. The van der Waals surface area contributed by atoms with Gasteiger partial charge in [0, 0.05) is 38.1 Å². The Kier molecular flexibility index (Phi) is 5.83. The number of rotatable bonds is 6. The summed E-state index contributed by atoms with van der Waals surface area (Å²) in [5.74, 6) is 0. The molecule has 1 fully saturated rings. The molecular weight excluding hydrogens is 280 g/mol. The van der Waals surface area contributed by atoms with E-state index in [-0.39, 0.29) is 6.09 Å². The fraction of sp³-hybridized carbons (Fsp3) is 0.750. The smallest absolute Gasteiger partial charge is 0.410 e. The van der Waals surface area contributed by atoms with Crippen LogP contribution >= 0.6 is 0 Å². The zero-order valence-corrected chi connectivity index (χ0v) is 13.9. The second-order valence-electron chi connectivity index (χ2n) is 6.87. The Bertz CT molecular complexity index is 453. The lowest BCUT2D eigenvalue weighted by Gasteiger charge is -2.24. The molecule has 0 saturated carbocycles. The highest BCUT2D eigenvalue weighted by atomic mass is 16.6. The summed E-state index contributed by atoms with van der Waals surface area (Å²) in [7, 11) is 0. The average molecular weight is 308 g/mol. The molecule has 124 valence electrons. The van der Waals surface area contributed by atoms with Crippen LogP contribution in [0.15, 0.2) is 18.7 Å². The Hall–Kier alpha value is -1.56. The molecule has 1 amide bonds. The van der Waals surface area contributed by atoms with Crippen LogP contribution in [0.5, 0.6) is 0 Å². The number of imidazole rings is 1. The molecule has 2 heterocycles. The molecule has 0 spiro atoms. The van der Waals surface area contributed by atoms with E-state index in [1.807, 2.05) is 39.5 Å². The number of amides is 1. The Morgan fingerprint density at radius 1 is 1.41 bits per heavy atom. The number of hydrogen-bond donors (Lipinski definition) is 1. The van der Waals surface area contributed by atoms with E-state index in [9.17, 15) is 4.79 Å². The molecule has 1 aromatic heterocycles. The summed E-state index contributed by atoms with van der Waals surface area (Å²) in [5, 5.41) is 3.54. The third kappa shape index (κ3) is 5.67. The first-order chi connectivity index (χ1) is 10.4. The second kappa shape index (κ2) is 7.63. The summed E-state index contributed by atoms with van der Waals surface area (Å²) < 4.78 is 7.50. The molecule has 1 aromatic rings. The van der Waals surface area contributed by atoms with Gasteiger partial charge in [0.15, 0.2) is 0 Å². The first-order valence-electron chi connectivity index (χ1n) is 8.11. The van der Waals surface area contributed by atoms with Crippen LogP contribution in [0.1, 0.15) is 40.0 Å². The van der Waals surface area contributed by atoms with Gasteiger partial charge in [0.2, 0.25) is 0 Å². The molecule has 0 bridgehead atoms. The van der Waals surface area contributed by atoms with Crippen LogP contribution in [0, 0.1) is 0 Å². The predicted molar refractivity (Wildman–Crippen MR) is 85.7 cm³/mol. The standard InChI is InChI=1S/C16H28N4O2/c1-16(2,3)22-15(21)20-10-6-14(12-20)18-7-4-5-9-19-11-8-17-13-19/h8,11,13-14,18H,4-7,9-10,12H2,1-3H3. The van der Waals surface area contributed by atoms with Crippen molar-refractivity contribution in [1.82, 2.24) is 19.8 Å². The van der Waals surface area contributed by atoms with Crippen LogP contribution in [-0.4, -0.2) is 51.8 Å². The van der Waals surface area contributed by atoms with Crippen LogP contribution in [-0.2, 0) is 11.3 Å². The summed E-state index contributed by atoms with van der Waals surface area (Å²) in [6, 6.07) is 0.390. The molecule has 0 aliphatic carbocycles. The van der Waals surface area contributed by atoms with Crippen LogP contribution in [0.2, 0.25) is 0 Å². The van der Waals surface area contributed by atoms with Gasteiger partial charge in [0.05, 0.1) is 6.33 Å². The lowest BCUT2D eigenvalue weighted by molar-refractivity contribution is 0.0291. The van der Waals surface area contributed by atoms with Gasteiger partial charge >= 0.3 is 6.09 Å². The van der Waals surface area contributed by atoms with E-state index in [2.05, 4.69) is 14.9 Å². The minimum Gasteiger partial charge on any atom is -0.444 e. The lowest BCUT2D eigenvalue weighted by atomic mass is 10.2. The fourth-order valence-electron chi connectivity index (χ4n) is 2.56. The summed E-state index contributed by atoms with van der Waals surface area (Å²) in [4.78, 5) is 17.8. The SMILES string of the molecule is CC(C)(C)OC(=O)N1CCC(NCCCCn2ccnc2)C1. The molecule has 1 atom stereocenters. The van der Waals surface area contributed by atoms with Crippen molar-refractivity contribution < 1.29 is 9.53 Å². The van der Waals surface area contributed by atoms with Crippen LogP contribution in [0.3, 0.4) is 0 Å². The molecule has 1 aliphatic rings. The van der Waals surface area contributed by atoms with Gasteiger partial charge < -0.3 is 19.5 Å². The molecular formula is C16H28N4O2. The van der Waals surface area contributed by atoms with Gasteiger partial charge in [0.1, 0.15) is 5.60 Å². The maximum absolute atomic E-state index is 12.0. The van der Waals surface area contributed by atoms with Crippen molar-refractivity contribution in [3.63, 3.8) is 0 Å². The van der Waals surface area contributed by atoms with E-state index < -0.39 is 5.60 Å². The number of aryl methyl sites for hydroxylation is 1. The highest BCUT2D eigenvalue weighted by Crippen LogP contribution is 2.15. The molecule has 1 saturated heterocycles. The normalized spacial score (nSPS) is 18.7. The quantitative estimate of drug-likeness (QED) is 0.819. The van der Waals surface area contributed by atoms with Crippen molar-refractivity contribution in [1.29, 1.82) is 0 Å². The molecule has 0 aromatic carbocycles. The van der Waals surface area contributed by atoms with E-state index in [0.717, 1.165) is 45.4 Å². The van der Waals surface area contributed by atoms with Gasteiger partial charge in [-0.2, -0.15) is 0 Å². The van der Waals surface area contributed by atoms with Crippen molar-refractivity contribution in [2.45, 2.75) is 58.2 Å². The Morgan fingerprint density at radius 3 is 2.91 bits per heavy atom. The van der Waals surface area contributed by atoms with Crippen molar-refractivity contribution >= 4 is 6.09 Å². The van der Waals surface area contributed by atoms with Gasteiger partial charge in [-0.15, -0.1) is 0 Å². The molecule has 0 radical (unpaired) electrons. The molecule has 6 nitrogen and oxygen atoms in total. The first-order valence-corrected chi connectivity index (χ1v) is 8.11. The summed E-state index contributed by atoms with van der Waals surface area (Å²) in [6.45, 7) is 9.22. The maximum Gasteiger partial charge on any atom is 0.410 e. The third-order valence-corrected chi connectivity index (χ3v) is 3.68. The zero-order chi connectivity index (χ0) is 16.0. The third-order valence-electron chi connectivity index (χ3n) is 3.68. The van der Waals surface area contributed by atoms with Gasteiger partial charge in [-0.25, -0.2) is 9.78 Å². The first kappa shape index (κ1) is 16.8. The summed E-state index contributed by atoms with van der Waals surface area (Å²) in [5.41, 5.74) is -0.421. The molecule has 1 unspecified atom stereocenters. The highest BCUT2D eigenvalue weighted by molar-refractivity contribution is 5.68. The van der Waals surface area contributed by atoms with E-state index in [4.69, 9.17) is 4.74 Å². The van der Waals surface area contributed by atoms with E-state index >= 15 is 0 Å². The van der Waals surface area contributed by atoms with Gasteiger partial charge in [0.25, 0.3) is 0 Å². The number of ether oxygens (including phenoxy) is 1. The molecule has 2 rings (SSSR count). The van der Waals surface area contributed by atoms with E-state index in [0.29, 0.717) is 6.04 Å². The molecule has 6 heteroatoms. The monoisotopic (exact) mass is 308 g/mol. The number of aromatic nitrogens is 2. The molecule has 1 N–H and O–H groups in total. The number of nitrogens with one attached hydrogen (secondary N) is 1. The van der Waals surface area contributed by atoms with E-state index in [1.165, 1.54) is 0 Å². The largest absolute Gasteiger partial charge is 0.444 e. The summed E-state index contributed by atoms with van der Waals surface area (Å²) in [6.07, 6.45) is 8.71. The average Bonchev–Trinajstić information content (AvgIpc) is 3.07. The summed E-state index contributed by atoms with van der Waals surface area (Å²) >= 11 is 0. The Labute approximate surface area is 132 Å². The number of carbonyl (C=O) groups is 1. The number of unbranched alkanes of at least 4 members (excludes halogenated alkanes) is 1. The number of carbonyl (C=O) groups excluding carboxylic acids is 1. The Morgan fingerprint density at radius 2 is 2.23 bits per heavy atom. The minimum absolute atomic E-state index is 0.197. The van der Waals surface area contributed by atoms with Crippen molar-refractivity contribution in [2.24, 2.45) is 0 Å². The lowest BCUT2D eigenvalue weighted by Crippen LogP contribution is -2.38. The van der Waals surface area contributed by atoms with Crippen LogP contribution in [0.4, 0.5) is 4.79 Å². The zero-order valence-electron chi connectivity index (χ0n) is 13.9. The second-order valence-corrected chi connectivity index (χ2v) is 6.87. The van der Waals surface area contributed by atoms with Crippen molar-refractivity contribution in [2.75, 3.05) is 19.6 Å². The van der Waals surface area contributed by atoms with Crippen LogP contribution in [0.25, 0.3) is 0 Å². The van der Waals surface area contributed by atoms with Crippen molar-refractivity contribution in [3.05, 3.63) is 18.7 Å². The van der Waals surface area contributed by atoms with Gasteiger partial charge in [-0.1, -0.05) is 0 Å². The Balaban J connectivity index is 1.57. The molecule has 22 heavy (non-hydrogen) atoms. The number of hydrogen-bond acceptors (Lipinski definition) is 4. The van der Waals surface area contributed by atoms with Gasteiger partial charge in [-0.3, -0.25) is 0 Å². The fourth-order valence-corrected chi connectivity index (χ4v) is 2.56. The highest BCUT2D eigenvalue weighted by Gasteiger charge is 2.29. The predicted octanol–water partition coefficient (Wildman–Crippen LogP) is 2.26. The minimum atomic E-state index is -0.421. The van der Waals surface area contributed by atoms with E-state index in [1.54, 1.807) is 4.90 Å². The topological polar surface area (TPSA) is 59.4 Å². The van der Waals surface area contributed by atoms with Crippen LogP contribution < -0.4 is 5.32 Å². The number of nitrogens with zero attached hydrogens (tertiary/aromatic N) is 3. The number of likely N-dealkylation sites (tertiary alicyclic amines) is 1. The van der Waals surface area contributed by atoms with Crippen molar-refractivity contribution in [3.8, 4) is 0 Å². The van der Waals surface area contributed by atoms with Gasteiger partial charge in [-0.05, 0) is 46.6 Å².